The minimum atomic E-state index is -0.371. The standard InChI is InChI=1S/C12H18N2O2/c1-8(2)14-11(12(13)16)7-9-3-5-10(15)6-4-9/h3-6,8,11,14-15H,7H2,1-2H3,(H2,13,16)/t11-/m0/s1. The summed E-state index contributed by atoms with van der Waals surface area (Å²) in [7, 11) is 0. The number of nitrogens with one attached hydrogen (secondary N) is 1. The monoisotopic (exact) mass is 222 g/mol. The Morgan fingerprint density at radius 2 is 1.94 bits per heavy atom. The van der Waals surface area contributed by atoms with E-state index >= 15 is 0 Å². The Hall–Kier alpha value is -1.55. The minimum absolute atomic E-state index is 0.203. The van der Waals surface area contributed by atoms with Crippen molar-refractivity contribution in [2.45, 2.75) is 32.4 Å². The van der Waals surface area contributed by atoms with E-state index in [2.05, 4.69) is 5.32 Å². The fourth-order valence-electron chi connectivity index (χ4n) is 1.51. The fourth-order valence-corrected chi connectivity index (χ4v) is 1.51. The Morgan fingerprint density at radius 1 is 1.38 bits per heavy atom. The maximum absolute atomic E-state index is 11.2. The van der Waals surface area contributed by atoms with Crippen LogP contribution in [0.25, 0.3) is 0 Å². The van der Waals surface area contributed by atoms with Crippen LogP contribution >= 0.6 is 0 Å². The highest BCUT2D eigenvalue weighted by Gasteiger charge is 2.16. The van der Waals surface area contributed by atoms with Gasteiger partial charge in [0.15, 0.2) is 0 Å². The summed E-state index contributed by atoms with van der Waals surface area (Å²) in [5, 5.41) is 12.2. The maximum Gasteiger partial charge on any atom is 0.234 e. The van der Waals surface area contributed by atoms with Gasteiger partial charge in [-0.1, -0.05) is 26.0 Å². The Morgan fingerprint density at radius 3 is 2.38 bits per heavy atom. The lowest BCUT2D eigenvalue weighted by molar-refractivity contribution is -0.120. The first-order valence-corrected chi connectivity index (χ1v) is 5.32. The van der Waals surface area contributed by atoms with Gasteiger partial charge in [-0.3, -0.25) is 4.79 Å². The quantitative estimate of drug-likeness (QED) is 0.689. The molecule has 16 heavy (non-hydrogen) atoms. The number of phenolic OH excluding ortho intramolecular Hbond substituents is 1. The number of phenols is 1. The number of aromatic hydroxyl groups is 1. The molecule has 1 atom stereocenters. The molecule has 1 aromatic carbocycles. The van der Waals surface area contributed by atoms with E-state index in [9.17, 15) is 4.79 Å². The molecule has 1 aromatic rings. The largest absolute Gasteiger partial charge is 0.508 e. The van der Waals surface area contributed by atoms with Crippen LogP contribution in [-0.4, -0.2) is 23.1 Å². The number of benzene rings is 1. The minimum Gasteiger partial charge on any atom is -0.508 e. The predicted molar refractivity (Wildman–Crippen MR) is 63.1 cm³/mol. The summed E-state index contributed by atoms with van der Waals surface area (Å²) in [6.45, 7) is 3.93. The third-order valence-corrected chi connectivity index (χ3v) is 2.25. The van der Waals surface area contributed by atoms with Crippen LogP contribution < -0.4 is 11.1 Å². The van der Waals surface area contributed by atoms with Gasteiger partial charge in [-0.25, -0.2) is 0 Å². The number of amides is 1. The van der Waals surface area contributed by atoms with Crippen LogP contribution in [0.2, 0.25) is 0 Å². The van der Waals surface area contributed by atoms with Crippen molar-refractivity contribution in [3.8, 4) is 5.75 Å². The summed E-state index contributed by atoms with van der Waals surface area (Å²) in [4.78, 5) is 11.2. The molecule has 4 N–H and O–H groups in total. The number of hydrogen-bond donors (Lipinski definition) is 3. The summed E-state index contributed by atoms with van der Waals surface area (Å²) >= 11 is 0. The lowest BCUT2D eigenvalue weighted by atomic mass is 10.0. The van der Waals surface area contributed by atoms with E-state index in [-0.39, 0.29) is 23.7 Å². The molecule has 0 fully saturated rings. The fraction of sp³-hybridized carbons (Fsp3) is 0.417. The molecule has 4 heteroatoms. The molecule has 0 unspecified atom stereocenters. The van der Waals surface area contributed by atoms with E-state index in [4.69, 9.17) is 10.8 Å². The van der Waals surface area contributed by atoms with Gasteiger partial charge in [0, 0.05) is 6.04 Å². The van der Waals surface area contributed by atoms with Gasteiger partial charge in [0.25, 0.3) is 0 Å². The molecule has 1 rings (SSSR count). The van der Waals surface area contributed by atoms with Crippen LogP contribution in [-0.2, 0) is 11.2 Å². The molecule has 0 aliphatic heterocycles. The molecule has 0 spiro atoms. The van der Waals surface area contributed by atoms with Gasteiger partial charge in [-0.2, -0.15) is 0 Å². The smallest absolute Gasteiger partial charge is 0.234 e. The second-order valence-corrected chi connectivity index (χ2v) is 4.15. The highest BCUT2D eigenvalue weighted by Crippen LogP contribution is 2.11. The highest BCUT2D eigenvalue weighted by molar-refractivity contribution is 5.80. The molecular weight excluding hydrogens is 204 g/mol. The summed E-state index contributed by atoms with van der Waals surface area (Å²) in [5.74, 6) is -0.141. The molecule has 0 heterocycles. The highest BCUT2D eigenvalue weighted by atomic mass is 16.3. The Balaban J connectivity index is 2.68. The van der Waals surface area contributed by atoms with Crippen molar-refractivity contribution in [1.82, 2.24) is 5.32 Å². The number of primary amides is 1. The number of carbonyl (C=O) groups is 1. The van der Waals surface area contributed by atoms with Crippen LogP contribution in [0.15, 0.2) is 24.3 Å². The van der Waals surface area contributed by atoms with Gasteiger partial charge in [0.1, 0.15) is 5.75 Å². The second-order valence-electron chi connectivity index (χ2n) is 4.15. The molecule has 0 aromatic heterocycles. The van der Waals surface area contributed by atoms with E-state index in [1.165, 1.54) is 0 Å². The van der Waals surface area contributed by atoms with Crippen molar-refractivity contribution < 1.29 is 9.90 Å². The van der Waals surface area contributed by atoms with Gasteiger partial charge < -0.3 is 16.2 Å². The van der Waals surface area contributed by atoms with Gasteiger partial charge in [-0.15, -0.1) is 0 Å². The van der Waals surface area contributed by atoms with Gasteiger partial charge in [0.2, 0.25) is 5.91 Å². The van der Waals surface area contributed by atoms with Crippen molar-refractivity contribution in [3.63, 3.8) is 0 Å². The van der Waals surface area contributed by atoms with Crippen molar-refractivity contribution in [2.24, 2.45) is 5.73 Å². The Labute approximate surface area is 95.5 Å². The van der Waals surface area contributed by atoms with Crippen LogP contribution in [0.3, 0.4) is 0 Å². The van der Waals surface area contributed by atoms with Crippen LogP contribution in [0.5, 0.6) is 5.75 Å². The number of nitrogens with two attached hydrogens (primary N) is 1. The summed E-state index contributed by atoms with van der Waals surface area (Å²) < 4.78 is 0. The second kappa shape index (κ2) is 5.51. The first kappa shape index (κ1) is 12.5. The van der Waals surface area contributed by atoms with Crippen LogP contribution in [0.1, 0.15) is 19.4 Å². The first-order valence-electron chi connectivity index (χ1n) is 5.32. The lowest BCUT2D eigenvalue weighted by Crippen LogP contribution is -2.45. The number of carbonyl (C=O) groups excluding carboxylic acids is 1. The summed E-state index contributed by atoms with van der Waals surface area (Å²) in [5.41, 5.74) is 6.28. The zero-order valence-corrected chi connectivity index (χ0v) is 9.60. The van der Waals surface area contributed by atoms with E-state index in [1.807, 2.05) is 13.8 Å². The molecule has 0 bridgehead atoms. The number of hydrogen-bond acceptors (Lipinski definition) is 3. The van der Waals surface area contributed by atoms with E-state index in [1.54, 1.807) is 24.3 Å². The Bertz CT molecular complexity index is 347. The summed E-state index contributed by atoms with van der Waals surface area (Å²) in [6, 6.07) is 6.60. The Kier molecular flexibility index (Phi) is 4.31. The zero-order valence-electron chi connectivity index (χ0n) is 9.60. The van der Waals surface area contributed by atoms with Crippen LogP contribution in [0.4, 0.5) is 0 Å². The third kappa shape index (κ3) is 3.90. The van der Waals surface area contributed by atoms with Crippen molar-refractivity contribution in [1.29, 1.82) is 0 Å². The first-order chi connectivity index (χ1) is 7.49. The summed E-state index contributed by atoms with van der Waals surface area (Å²) in [6.07, 6.45) is 0.536. The molecule has 4 nitrogen and oxygen atoms in total. The van der Waals surface area contributed by atoms with E-state index in [0.29, 0.717) is 6.42 Å². The molecule has 0 saturated carbocycles. The van der Waals surface area contributed by atoms with Gasteiger partial charge in [-0.05, 0) is 24.1 Å². The van der Waals surface area contributed by atoms with Gasteiger partial charge in [0.05, 0.1) is 6.04 Å². The van der Waals surface area contributed by atoms with Crippen LogP contribution in [0, 0.1) is 0 Å². The van der Waals surface area contributed by atoms with E-state index < -0.39 is 0 Å². The van der Waals surface area contributed by atoms with Crippen molar-refractivity contribution >= 4 is 5.91 Å². The molecule has 88 valence electrons. The molecule has 0 aliphatic rings. The predicted octanol–water partition coefficient (Wildman–Crippen LogP) is 0.787. The lowest BCUT2D eigenvalue weighted by Gasteiger charge is -2.18. The van der Waals surface area contributed by atoms with Crippen molar-refractivity contribution in [2.75, 3.05) is 0 Å². The average molecular weight is 222 g/mol. The molecule has 0 saturated heterocycles. The topological polar surface area (TPSA) is 75.3 Å². The molecule has 0 radical (unpaired) electrons. The molecule has 1 amide bonds. The zero-order chi connectivity index (χ0) is 12.1. The molecule has 0 aliphatic carbocycles. The normalized spacial score (nSPS) is 12.7. The molecular formula is C12H18N2O2. The van der Waals surface area contributed by atoms with Crippen molar-refractivity contribution in [3.05, 3.63) is 29.8 Å². The average Bonchev–Trinajstić information content (AvgIpc) is 2.19. The third-order valence-electron chi connectivity index (χ3n) is 2.25. The SMILES string of the molecule is CC(C)N[C@@H](Cc1ccc(O)cc1)C(N)=O. The van der Waals surface area contributed by atoms with Gasteiger partial charge >= 0.3 is 0 Å². The number of rotatable bonds is 5. The van der Waals surface area contributed by atoms with E-state index in [0.717, 1.165) is 5.56 Å². The maximum atomic E-state index is 11.2.